The molecule has 0 spiro atoms. The first-order chi connectivity index (χ1) is 9.56. The molecule has 0 fully saturated rings. The lowest BCUT2D eigenvalue weighted by Gasteiger charge is -2.07. The van der Waals surface area contributed by atoms with Crippen LogP contribution in [0.4, 0.5) is 5.69 Å². The molecule has 1 heterocycles. The maximum absolute atomic E-state index is 11.7. The molecule has 2 rings (SSSR count). The molecule has 104 valence electrons. The van der Waals surface area contributed by atoms with Gasteiger partial charge in [0, 0.05) is 10.7 Å². The van der Waals surface area contributed by atoms with Gasteiger partial charge in [0.2, 0.25) is 0 Å². The predicted octanol–water partition coefficient (Wildman–Crippen LogP) is 2.08. The van der Waals surface area contributed by atoms with Gasteiger partial charge in [-0.15, -0.1) is 0 Å². The van der Waals surface area contributed by atoms with Gasteiger partial charge in [0.15, 0.2) is 0 Å². The quantitative estimate of drug-likeness (QED) is 0.735. The van der Waals surface area contributed by atoms with E-state index in [1.165, 1.54) is 0 Å². The smallest absolute Gasteiger partial charge is 0.313 e. The van der Waals surface area contributed by atoms with Crippen molar-refractivity contribution in [3.05, 3.63) is 45.7 Å². The number of rotatable bonds is 3. The van der Waals surface area contributed by atoms with Gasteiger partial charge >= 0.3 is 11.8 Å². The first-order valence-electron chi connectivity index (χ1n) is 5.59. The normalized spacial score (nSPS) is 10.1. The molecule has 0 aliphatic heterocycles. The number of benzene rings is 1. The van der Waals surface area contributed by atoms with Crippen LogP contribution in [-0.2, 0) is 16.1 Å². The van der Waals surface area contributed by atoms with E-state index in [9.17, 15) is 9.59 Å². The summed E-state index contributed by atoms with van der Waals surface area (Å²) in [6.07, 6.45) is 1.56. The molecule has 8 heteroatoms. The number of carbonyl (C=O) groups is 2. The molecule has 0 radical (unpaired) electrons. The van der Waals surface area contributed by atoms with Crippen molar-refractivity contribution in [1.29, 1.82) is 0 Å². The topological polar surface area (TPSA) is 86.9 Å². The number of amides is 2. The number of aromatic amines is 1. The van der Waals surface area contributed by atoms with Gasteiger partial charge in [-0.25, -0.2) is 0 Å². The van der Waals surface area contributed by atoms with Crippen molar-refractivity contribution in [2.45, 2.75) is 6.54 Å². The van der Waals surface area contributed by atoms with E-state index >= 15 is 0 Å². The first-order valence-corrected chi connectivity index (χ1v) is 6.76. The molecular weight excluding hydrogens is 348 g/mol. The van der Waals surface area contributed by atoms with Gasteiger partial charge in [0.25, 0.3) is 0 Å². The maximum atomic E-state index is 11.7. The Bertz CT molecular complexity index is 630. The van der Waals surface area contributed by atoms with Crippen LogP contribution in [0.3, 0.4) is 0 Å². The molecule has 20 heavy (non-hydrogen) atoms. The van der Waals surface area contributed by atoms with Gasteiger partial charge < -0.3 is 10.6 Å². The Morgan fingerprint density at radius 1 is 1.30 bits per heavy atom. The minimum absolute atomic E-state index is 0.195. The summed E-state index contributed by atoms with van der Waals surface area (Å²) in [5.74, 6) is -1.53. The second-order valence-corrected chi connectivity index (χ2v) is 5.17. The van der Waals surface area contributed by atoms with Gasteiger partial charge in [-0.3, -0.25) is 14.7 Å². The fraction of sp³-hybridized carbons (Fsp3) is 0.0833. The Balaban J connectivity index is 1.92. The third-order valence-electron chi connectivity index (χ3n) is 2.38. The van der Waals surface area contributed by atoms with Crippen LogP contribution < -0.4 is 10.6 Å². The van der Waals surface area contributed by atoms with Crippen molar-refractivity contribution in [2.75, 3.05) is 5.32 Å². The summed E-state index contributed by atoms with van der Waals surface area (Å²) in [4.78, 5) is 23.3. The zero-order valence-electron chi connectivity index (χ0n) is 10.1. The maximum Gasteiger partial charge on any atom is 0.313 e. The third-order valence-corrected chi connectivity index (χ3v) is 3.19. The van der Waals surface area contributed by atoms with E-state index in [0.29, 0.717) is 16.4 Å². The van der Waals surface area contributed by atoms with E-state index < -0.39 is 11.8 Å². The lowest BCUT2D eigenvalue weighted by atomic mass is 10.3. The molecule has 0 unspecified atom stereocenters. The Kier molecular flexibility index (Phi) is 4.75. The summed E-state index contributed by atoms with van der Waals surface area (Å²) >= 11 is 9.20. The van der Waals surface area contributed by atoms with Crippen molar-refractivity contribution in [3.63, 3.8) is 0 Å². The number of hydrogen-bond acceptors (Lipinski definition) is 3. The second-order valence-electron chi connectivity index (χ2n) is 3.84. The van der Waals surface area contributed by atoms with Crippen LogP contribution in [0, 0.1) is 0 Å². The summed E-state index contributed by atoms with van der Waals surface area (Å²) in [7, 11) is 0. The van der Waals surface area contributed by atoms with E-state index in [0.717, 1.165) is 4.47 Å². The average Bonchev–Trinajstić information content (AvgIpc) is 2.92. The number of anilines is 1. The van der Waals surface area contributed by atoms with E-state index in [1.54, 1.807) is 30.5 Å². The second kappa shape index (κ2) is 6.53. The summed E-state index contributed by atoms with van der Waals surface area (Å²) in [6.45, 7) is 0.195. The van der Waals surface area contributed by atoms with Crippen LogP contribution in [0.1, 0.15) is 5.69 Å². The molecule has 0 bridgehead atoms. The lowest BCUT2D eigenvalue weighted by molar-refractivity contribution is -0.136. The molecular formula is C12H10BrClN4O2. The van der Waals surface area contributed by atoms with E-state index in [-0.39, 0.29) is 6.54 Å². The molecule has 0 aliphatic rings. The van der Waals surface area contributed by atoms with Crippen LogP contribution in [0.25, 0.3) is 0 Å². The number of H-pyrrole nitrogens is 1. The van der Waals surface area contributed by atoms with E-state index in [1.807, 2.05) is 0 Å². The predicted molar refractivity (Wildman–Crippen MR) is 78.2 cm³/mol. The molecule has 0 saturated carbocycles. The molecule has 0 atom stereocenters. The number of hydrogen-bond donors (Lipinski definition) is 3. The Morgan fingerprint density at radius 3 is 2.75 bits per heavy atom. The zero-order valence-corrected chi connectivity index (χ0v) is 12.5. The highest BCUT2D eigenvalue weighted by Gasteiger charge is 2.15. The van der Waals surface area contributed by atoms with Crippen molar-refractivity contribution >= 4 is 45.0 Å². The van der Waals surface area contributed by atoms with E-state index in [4.69, 9.17) is 11.6 Å². The van der Waals surface area contributed by atoms with Gasteiger partial charge in [0.1, 0.15) is 0 Å². The number of nitrogens with zero attached hydrogens (tertiary/aromatic N) is 1. The highest BCUT2D eigenvalue weighted by atomic mass is 79.9. The average molecular weight is 358 g/mol. The molecule has 0 aliphatic carbocycles. The number of aromatic nitrogens is 2. The number of nitrogens with one attached hydrogen (secondary N) is 3. The molecule has 6 nitrogen and oxygen atoms in total. The first kappa shape index (κ1) is 14.5. The SMILES string of the molecule is O=C(NCc1ccn[nH]1)C(=O)Nc1ccc(Br)cc1Cl. The van der Waals surface area contributed by atoms with Crippen molar-refractivity contribution in [2.24, 2.45) is 0 Å². The monoisotopic (exact) mass is 356 g/mol. The number of halogens is 2. The summed E-state index contributed by atoms with van der Waals surface area (Å²) in [5.41, 5.74) is 1.07. The van der Waals surface area contributed by atoms with Crippen LogP contribution in [0.15, 0.2) is 34.9 Å². The Morgan fingerprint density at radius 2 is 2.10 bits per heavy atom. The van der Waals surface area contributed by atoms with Gasteiger partial charge in [-0.2, -0.15) is 5.10 Å². The summed E-state index contributed by atoms with van der Waals surface area (Å²) in [6, 6.07) is 6.64. The minimum Gasteiger partial charge on any atom is -0.342 e. The van der Waals surface area contributed by atoms with Crippen LogP contribution in [0.5, 0.6) is 0 Å². The zero-order chi connectivity index (χ0) is 14.5. The molecule has 2 aromatic rings. The Hall–Kier alpha value is -1.86. The lowest BCUT2D eigenvalue weighted by Crippen LogP contribution is -2.35. The summed E-state index contributed by atoms with van der Waals surface area (Å²) in [5, 5.41) is 11.6. The molecule has 1 aromatic carbocycles. The largest absolute Gasteiger partial charge is 0.342 e. The van der Waals surface area contributed by atoms with Gasteiger partial charge in [0.05, 0.1) is 22.9 Å². The molecule has 1 aromatic heterocycles. The van der Waals surface area contributed by atoms with Crippen molar-refractivity contribution in [1.82, 2.24) is 15.5 Å². The minimum atomic E-state index is -0.784. The fourth-order valence-electron chi connectivity index (χ4n) is 1.41. The molecule has 2 amide bonds. The summed E-state index contributed by atoms with van der Waals surface area (Å²) < 4.78 is 0.782. The van der Waals surface area contributed by atoms with Crippen LogP contribution in [-0.4, -0.2) is 22.0 Å². The van der Waals surface area contributed by atoms with Gasteiger partial charge in [-0.1, -0.05) is 27.5 Å². The standard InChI is InChI=1S/C12H10BrClN4O2/c13-7-1-2-10(9(14)5-7)17-12(20)11(19)15-6-8-3-4-16-18-8/h1-5H,6H2,(H,15,19)(H,16,18)(H,17,20). The van der Waals surface area contributed by atoms with Gasteiger partial charge in [-0.05, 0) is 24.3 Å². The van der Waals surface area contributed by atoms with E-state index in [2.05, 4.69) is 36.8 Å². The van der Waals surface area contributed by atoms with Crippen LogP contribution in [0.2, 0.25) is 5.02 Å². The third kappa shape index (κ3) is 3.82. The fourth-order valence-corrected chi connectivity index (χ4v) is 2.13. The van der Waals surface area contributed by atoms with Crippen molar-refractivity contribution in [3.8, 4) is 0 Å². The number of carbonyl (C=O) groups excluding carboxylic acids is 2. The van der Waals surface area contributed by atoms with Crippen LogP contribution >= 0.6 is 27.5 Å². The highest BCUT2D eigenvalue weighted by molar-refractivity contribution is 9.10. The highest BCUT2D eigenvalue weighted by Crippen LogP contribution is 2.25. The Labute approximate surface area is 128 Å². The molecule has 0 saturated heterocycles. The molecule has 3 N–H and O–H groups in total. The van der Waals surface area contributed by atoms with Crippen molar-refractivity contribution < 1.29 is 9.59 Å².